The van der Waals surface area contributed by atoms with E-state index in [4.69, 9.17) is 9.47 Å². The molecule has 4 aromatic rings. The van der Waals surface area contributed by atoms with E-state index in [1.54, 1.807) is 26.4 Å². The summed E-state index contributed by atoms with van der Waals surface area (Å²) in [7, 11) is 3.15. The van der Waals surface area contributed by atoms with Crippen LogP contribution in [-0.2, 0) is 0 Å². The molecule has 8 heteroatoms. The van der Waals surface area contributed by atoms with Crippen molar-refractivity contribution in [2.24, 2.45) is 0 Å². The summed E-state index contributed by atoms with van der Waals surface area (Å²) >= 11 is 5.79. The highest BCUT2D eigenvalue weighted by Gasteiger charge is 2.12. The molecule has 0 radical (unpaired) electrons. The van der Waals surface area contributed by atoms with Gasteiger partial charge in [-0.1, -0.05) is 0 Å². The molecule has 0 atom stereocenters. The van der Waals surface area contributed by atoms with Crippen LogP contribution in [0.3, 0.4) is 0 Å². The molecule has 0 aliphatic heterocycles. The van der Waals surface area contributed by atoms with Crippen LogP contribution in [-0.4, -0.2) is 24.2 Å². The van der Waals surface area contributed by atoms with Gasteiger partial charge in [-0.25, -0.2) is 9.97 Å². The molecule has 0 fully saturated rings. The van der Waals surface area contributed by atoms with Gasteiger partial charge in [0.15, 0.2) is 11.5 Å². The lowest BCUT2D eigenvalue weighted by Gasteiger charge is -2.12. The number of ether oxygens (including phenoxy) is 2. The molecule has 0 bridgehead atoms. The van der Waals surface area contributed by atoms with Crippen LogP contribution in [0.4, 0.5) is 11.5 Å². The smallest absolute Gasteiger partial charge is 0.162 e. The van der Waals surface area contributed by atoms with Crippen molar-refractivity contribution in [3.05, 3.63) is 42.0 Å². The highest BCUT2D eigenvalue weighted by Crippen LogP contribution is 2.34. The topological polar surface area (TPSA) is 80.1 Å². The molecule has 0 spiro atoms. The van der Waals surface area contributed by atoms with Crippen molar-refractivity contribution in [1.82, 2.24) is 9.97 Å². The molecule has 2 aromatic heterocycles. The molecule has 6 nitrogen and oxygen atoms in total. The summed E-state index contributed by atoms with van der Waals surface area (Å²) in [5.74, 6) is 1.65. The Hall–Kier alpha value is -3.02. The summed E-state index contributed by atoms with van der Waals surface area (Å²) in [5.41, 5.74) is 2.85. The molecule has 134 valence electrons. The van der Waals surface area contributed by atoms with Crippen LogP contribution in [0, 0.1) is 11.3 Å². The number of aromatic nitrogens is 2. The summed E-state index contributed by atoms with van der Waals surface area (Å²) in [4.78, 5) is 8.95. The maximum Gasteiger partial charge on any atom is 0.162 e. The standard InChI is InChI=1S/C19H14N4O2S2/c1-24-15-6-10-5-11(9-20)18(22-14(10)8-16(15)25-2)21-12-3-4-13-17(7-12)27-19(26)23-13/h3-8H,1-2H3,(H,21,22)(H,23,26). The van der Waals surface area contributed by atoms with E-state index in [0.29, 0.717) is 32.7 Å². The first-order chi connectivity index (χ1) is 13.1. The molecule has 0 amide bonds. The number of nitrogens with zero attached hydrogens (tertiary/aromatic N) is 3. The SMILES string of the molecule is COc1cc2cc(C#N)c(Nc3ccc4nc(S)sc4c3)nc2cc1OC. The Labute approximate surface area is 164 Å². The lowest BCUT2D eigenvalue weighted by Crippen LogP contribution is -1.98. The molecule has 0 aliphatic carbocycles. The minimum Gasteiger partial charge on any atom is -0.493 e. The van der Waals surface area contributed by atoms with Gasteiger partial charge in [0.1, 0.15) is 16.2 Å². The van der Waals surface area contributed by atoms with E-state index in [0.717, 1.165) is 21.3 Å². The minimum absolute atomic E-state index is 0.439. The predicted octanol–water partition coefficient (Wildman–Crippen LogP) is 4.77. The lowest BCUT2D eigenvalue weighted by molar-refractivity contribution is 0.356. The number of hydrogen-bond donors (Lipinski definition) is 2. The van der Waals surface area contributed by atoms with Gasteiger partial charge in [-0.3, -0.25) is 0 Å². The number of anilines is 2. The van der Waals surface area contributed by atoms with E-state index in [9.17, 15) is 5.26 Å². The Morgan fingerprint density at radius 3 is 2.56 bits per heavy atom. The van der Waals surface area contributed by atoms with Crippen LogP contribution in [0.5, 0.6) is 11.5 Å². The van der Waals surface area contributed by atoms with Crippen molar-refractivity contribution in [3.8, 4) is 17.6 Å². The van der Waals surface area contributed by atoms with E-state index < -0.39 is 0 Å². The second-order valence-electron chi connectivity index (χ2n) is 5.70. The molecule has 0 aliphatic rings. The molecule has 1 N–H and O–H groups in total. The fourth-order valence-corrected chi connectivity index (χ4v) is 3.96. The minimum atomic E-state index is 0.439. The molecule has 0 saturated carbocycles. The van der Waals surface area contributed by atoms with Gasteiger partial charge in [0.2, 0.25) is 0 Å². The van der Waals surface area contributed by atoms with Crippen LogP contribution in [0.1, 0.15) is 5.56 Å². The normalized spacial score (nSPS) is 10.7. The number of nitrogens with one attached hydrogen (secondary N) is 1. The van der Waals surface area contributed by atoms with Crippen molar-refractivity contribution in [2.75, 3.05) is 19.5 Å². The van der Waals surface area contributed by atoms with Crippen LogP contribution in [0.15, 0.2) is 40.7 Å². The fourth-order valence-electron chi connectivity index (χ4n) is 2.81. The highest BCUT2D eigenvalue weighted by molar-refractivity contribution is 7.82. The summed E-state index contributed by atoms with van der Waals surface area (Å²) in [6.45, 7) is 0. The van der Waals surface area contributed by atoms with Gasteiger partial charge in [-0.05, 0) is 30.3 Å². The van der Waals surface area contributed by atoms with Gasteiger partial charge in [-0.15, -0.1) is 24.0 Å². The van der Waals surface area contributed by atoms with Crippen molar-refractivity contribution < 1.29 is 9.47 Å². The summed E-state index contributed by atoms with van der Waals surface area (Å²) in [6.07, 6.45) is 0. The molecule has 2 heterocycles. The number of benzene rings is 2. The van der Waals surface area contributed by atoms with Gasteiger partial charge in [-0.2, -0.15) is 5.26 Å². The zero-order valence-electron chi connectivity index (χ0n) is 14.5. The van der Waals surface area contributed by atoms with Crippen molar-refractivity contribution >= 4 is 56.6 Å². The first kappa shape index (κ1) is 17.4. The van der Waals surface area contributed by atoms with E-state index in [-0.39, 0.29) is 0 Å². The van der Waals surface area contributed by atoms with E-state index in [2.05, 4.69) is 34.0 Å². The predicted molar refractivity (Wildman–Crippen MR) is 110 cm³/mol. The molecular formula is C19H14N4O2S2. The van der Waals surface area contributed by atoms with Gasteiger partial charge in [0, 0.05) is 17.1 Å². The van der Waals surface area contributed by atoms with E-state index in [1.165, 1.54) is 11.3 Å². The number of thiazole rings is 1. The summed E-state index contributed by atoms with van der Waals surface area (Å²) in [5, 5.41) is 13.6. The third-order valence-electron chi connectivity index (χ3n) is 4.08. The Bertz CT molecular complexity index is 1210. The molecule has 2 aromatic carbocycles. The van der Waals surface area contributed by atoms with Crippen molar-refractivity contribution in [1.29, 1.82) is 5.26 Å². The molecule has 0 unspecified atom stereocenters. The maximum atomic E-state index is 9.55. The second-order valence-corrected chi connectivity index (χ2v) is 7.46. The number of thiol groups is 1. The summed E-state index contributed by atoms with van der Waals surface area (Å²) in [6, 6.07) is 13.4. The average molecular weight is 394 g/mol. The van der Waals surface area contributed by atoms with Gasteiger partial charge in [0.25, 0.3) is 0 Å². The van der Waals surface area contributed by atoms with Crippen molar-refractivity contribution in [3.63, 3.8) is 0 Å². The first-order valence-electron chi connectivity index (χ1n) is 7.94. The third kappa shape index (κ3) is 3.23. The largest absolute Gasteiger partial charge is 0.493 e. The van der Waals surface area contributed by atoms with Crippen LogP contribution in [0.2, 0.25) is 0 Å². The number of pyridine rings is 1. The quantitative estimate of drug-likeness (QED) is 0.486. The number of fused-ring (bicyclic) bond motifs is 2. The van der Waals surface area contributed by atoms with Gasteiger partial charge in [0.05, 0.1) is 35.5 Å². The Morgan fingerprint density at radius 2 is 1.81 bits per heavy atom. The third-order valence-corrected chi connectivity index (χ3v) is 5.28. The monoisotopic (exact) mass is 394 g/mol. The van der Waals surface area contributed by atoms with E-state index in [1.807, 2.05) is 24.3 Å². The van der Waals surface area contributed by atoms with Crippen LogP contribution in [0.25, 0.3) is 21.1 Å². The number of rotatable bonds is 4. The lowest BCUT2D eigenvalue weighted by atomic mass is 10.1. The molecule has 0 saturated heterocycles. The maximum absolute atomic E-state index is 9.55. The number of methoxy groups -OCH3 is 2. The van der Waals surface area contributed by atoms with Gasteiger partial charge < -0.3 is 14.8 Å². The molecule has 27 heavy (non-hydrogen) atoms. The molecular weight excluding hydrogens is 380 g/mol. The zero-order chi connectivity index (χ0) is 19.0. The first-order valence-corrected chi connectivity index (χ1v) is 9.21. The van der Waals surface area contributed by atoms with Gasteiger partial charge >= 0.3 is 0 Å². The Kier molecular flexibility index (Phi) is 4.48. The average Bonchev–Trinajstić information content (AvgIpc) is 3.05. The number of nitriles is 1. The van der Waals surface area contributed by atoms with Crippen molar-refractivity contribution in [2.45, 2.75) is 4.34 Å². The Morgan fingerprint density at radius 1 is 1.04 bits per heavy atom. The number of hydrogen-bond acceptors (Lipinski definition) is 8. The summed E-state index contributed by atoms with van der Waals surface area (Å²) < 4.78 is 12.4. The highest BCUT2D eigenvalue weighted by atomic mass is 32.2. The fraction of sp³-hybridized carbons (Fsp3) is 0.105. The zero-order valence-corrected chi connectivity index (χ0v) is 16.2. The molecule has 4 rings (SSSR count). The Balaban J connectivity index is 1.80. The second kappa shape index (κ2) is 6.95. The van der Waals surface area contributed by atoms with Crippen LogP contribution >= 0.6 is 24.0 Å². The van der Waals surface area contributed by atoms with Crippen LogP contribution < -0.4 is 14.8 Å². The van der Waals surface area contributed by atoms with E-state index >= 15 is 0 Å².